The summed E-state index contributed by atoms with van der Waals surface area (Å²) in [6.45, 7) is 7.84. The Balaban J connectivity index is 2.37. The average molecular weight is 289 g/mol. The molecule has 21 heavy (non-hydrogen) atoms. The molecule has 114 valence electrons. The van der Waals surface area contributed by atoms with E-state index in [9.17, 15) is 9.59 Å². The van der Waals surface area contributed by atoms with Crippen LogP contribution in [0.2, 0.25) is 0 Å². The minimum atomic E-state index is -0.943. The lowest BCUT2D eigenvalue weighted by atomic mass is 9.88. The van der Waals surface area contributed by atoms with E-state index in [1.807, 2.05) is 27.7 Å². The van der Waals surface area contributed by atoms with Crippen molar-refractivity contribution in [2.24, 2.45) is 0 Å². The fourth-order valence-electron chi connectivity index (χ4n) is 2.70. The third-order valence-electron chi connectivity index (χ3n) is 4.32. The maximum absolute atomic E-state index is 12.9. The van der Waals surface area contributed by atoms with Crippen LogP contribution in [0.25, 0.3) is 0 Å². The maximum atomic E-state index is 12.9. The van der Waals surface area contributed by atoms with Crippen LogP contribution in [-0.4, -0.2) is 28.9 Å². The van der Waals surface area contributed by atoms with Crippen LogP contribution in [0.4, 0.5) is 0 Å². The van der Waals surface area contributed by atoms with Crippen molar-refractivity contribution in [3.8, 4) is 0 Å². The number of carboxylic acid groups (broad SMARTS) is 1. The summed E-state index contributed by atoms with van der Waals surface area (Å²) in [4.78, 5) is 23.9. The van der Waals surface area contributed by atoms with Gasteiger partial charge in [0, 0.05) is 11.6 Å². The first kappa shape index (κ1) is 15.7. The summed E-state index contributed by atoms with van der Waals surface area (Å²) < 4.78 is 0. The number of hydrogen-bond acceptors (Lipinski definition) is 3. The Kier molecular flexibility index (Phi) is 4.47. The monoisotopic (exact) mass is 289 g/mol. The summed E-state index contributed by atoms with van der Waals surface area (Å²) in [6.07, 6.45) is 1.88. The van der Waals surface area contributed by atoms with E-state index in [4.69, 9.17) is 5.11 Å². The molecular weight excluding hydrogens is 266 g/mol. The largest absolute Gasteiger partial charge is 0.481 e. The van der Waals surface area contributed by atoms with Gasteiger partial charge in [0.05, 0.1) is 12.5 Å². The topological polar surface area (TPSA) is 66.4 Å². The average Bonchev–Trinajstić information content (AvgIpc) is 3.19. The van der Waals surface area contributed by atoms with Gasteiger partial charge in [0.25, 0.3) is 0 Å². The van der Waals surface area contributed by atoms with Crippen molar-refractivity contribution in [2.75, 3.05) is 0 Å². The second kappa shape index (κ2) is 5.98. The zero-order valence-electron chi connectivity index (χ0n) is 13.1. The van der Waals surface area contributed by atoms with Crippen molar-refractivity contribution < 1.29 is 14.7 Å². The molecule has 0 amide bonds. The number of rotatable bonds is 6. The Morgan fingerprint density at radius 2 is 1.71 bits per heavy atom. The molecule has 0 radical (unpaired) electrons. The molecule has 1 fully saturated rings. The van der Waals surface area contributed by atoms with Gasteiger partial charge in [-0.2, -0.15) is 0 Å². The lowest BCUT2D eigenvalue weighted by molar-refractivity contribution is -0.137. The Labute approximate surface area is 125 Å². The number of nitrogens with one attached hydrogen (secondary N) is 1. The van der Waals surface area contributed by atoms with Crippen molar-refractivity contribution in [1.82, 2.24) is 5.32 Å². The highest BCUT2D eigenvalue weighted by molar-refractivity contribution is 6.04. The van der Waals surface area contributed by atoms with E-state index in [2.05, 4.69) is 11.4 Å². The first-order valence-corrected chi connectivity index (χ1v) is 7.40. The summed E-state index contributed by atoms with van der Waals surface area (Å²) in [5.41, 5.74) is 4.74. The maximum Gasteiger partial charge on any atom is 0.305 e. The van der Waals surface area contributed by atoms with Crippen LogP contribution in [0.1, 0.15) is 51.9 Å². The molecule has 0 aromatic heterocycles. The molecule has 1 unspecified atom stereocenters. The molecule has 0 heterocycles. The summed E-state index contributed by atoms with van der Waals surface area (Å²) in [5, 5.41) is 12.3. The lowest BCUT2D eigenvalue weighted by Crippen LogP contribution is -2.40. The molecule has 1 aromatic carbocycles. The van der Waals surface area contributed by atoms with Gasteiger partial charge in [-0.25, -0.2) is 0 Å². The molecule has 1 saturated carbocycles. The summed E-state index contributed by atoms with van der Waals surface area (Å²) in [5.74, 6) is -1.03. The van der Waals surface area contributed by atoms with Crippen LogP contribution in [0.15, 0.2) is 6.07 Å². The van der Waals surface area contributed by atoms with Crippen LogP contribution in [0.5, 0.6) is 0 Å². The van der Waals surface area contributed by atoms with Crippen LogP contribution in [0.3, 0.4) is 0 Å². The Morgan fingerprint density at radius 3 is 2.14 bits per heavy atom. The number of aryl methyl sites for hydroxylation is 2. The minimum Gasteiger partial charge on any atom is -0.481 e. The molecule has 2 rings (SSSR count). The normalized spacial score (nSPS) is 15.8. The van der Waals surface area contributed by atoms with E-state index in [0.717, 1.165) is 35.1 Å². The number of carbonyl (C=O) groups excluding carboxylic acids is 1. The van der Waals surface area contributed by atoms with Crippen molar-refractivity contribution >= 4 is 11.8 Å². The number of hydrogen-bond donors (Lipinski definition) is 2. The number of benzene rings is 1. The van der Waals surface area contributed by atoms with Crippen LogP contribution >= 0.6 is 0 Å². The molecule has 0 saturated heterocycles. The van der Waals surface area contributed by atoms with Gasteiger partial charge in [-0.3, -0.25) is 9.59 Å². The van der Waals surface area contributed by atoms with Crippen molar-refractivity contribution in [3.05, 3.63) is 33.9 Å². The number of Topliss-reactive ketones (excluding diaryl/α,β-unsaturated/α-hetero) is 1. The summed E-state index contributed by atoms with van der Waals surface area (Å²) in [6, 6.07) is 1.74. The van der Waals surface area contributed by atoms with Crippen molar-refractivity contribution in [2.45, 2.75) is 59.0 Å². The van der Waals surface area contributed by atoms with Gasteiger partial charge in [-0.1, -0.05) is 6.07 Å². The second-order valence-electron chi connectivity index (χ2n) is 6.09. The predicted octanol–water partition coefficient (Wildman–Crippen LogP) is 2.70. The molecule has 1 aliphatic rings. The molecule has 1 atom stereocenters. The number of aliphatic carboxylic acids is 1. The predicted molar refractivity (Wildman–Crippen MR) is 81.9 cm³/mol. The highest BCUT2D eigenvalue weighted by Crippen LogP contribution is 2.26. The smallest absolute Gasteiger partial charge is 0.305 e. The first-order valence-electron chi connectivity index (χ1n) is 7.40. The Hall–Kier alpha value is -1.68. The van der Waals surface area contributed by atoms with Crippen molar-refractivity contribution in [3.63, 3.8) is 0 Å². The Morgan fingerprint density at radius 1 is 1.19 bits per heavy atom. The molecule has 1 aromatic rings. The van der Waals surface area contributed by atoms with E-state index in [-0.39, 0.29) is 12.2 Å². The zero-order valence-corrected chi connectivity index (χ0v) is 13.1. The molecule has 4 heteroatoms. The summed E-state index contributed by atoms with van der Waals surface area (Å²) in [7, 11) is 0. The first-order chi connectivity index (χ1) is 9.81. The van der Waals surface area contributed by atoms with E-state index < -0.39 is 12.0 Å². The summed E-state index contributed by atoms with van der Waals surface area (Å²) >= 11 is 0. The molecule has 0 aliphatic heterocycles. The quantitative estimate of drug-likeness (QED) is 0.790. The fourth-order valence-corrected chi connectivity index (χ4v) is 2.70. The van der Waals surface area contributed by atoms with Gasteiger partial charge in [0.2, 0.25) is 0 Å². The third-order valence-corrected chi connectivity index (χ3v) is 4.32. The zero-order chi connectivity index (χ0) is 15.7. The molecule has 1 aliphatic carbocycles. The molecular formula is C17H23NO3. The number of carbonyl (C=O) groups is 2. The third kappa shape index (κ3) is 3.50. The standard InChI is InChI=1S/C17H23NO3/c1-9-7-10(2)12(4)16(11(9)3)17(21)14(8-15(19)20)18-13-5-6-13/h7,13-14,18H,5-6,8H2,1-4H3,(H,19,20). The van der Waals surface area contributed by atoms with E-state index in [1.165, 1.54) is 0 Å². The van der Waals surface area contributed by atoms with E-state index >= 15 is 0 Å². The van der Waals surface area contributed by atoms with Crippen LogP contribution in [0, 0.1) is 27.7 Å². The number of carboxylic acids is 1. The van der Waals surface area contributed by atoms with Gasteiger partial charge in [-0.15, -0.1) is 0 Å². The molecule has 0 bridgehead atoms. The van der Waals surface area contributed by atoms with E-state index in [0.29, 0.717) is 11.6 Å². The van der Waals surface area contributed by atoms with Gasteiger partial charge in [0.15, 0.2) is 5.78 Å². The van der Waals surface area contributed by atoms with Gasteiger partial charge >= 0.3 is 5.97 Å². The highest BCUT2D eigenvalue weighted by atomic mass is 16.4. The second-order valence-corrected chi connectivity index (χ2v) is 6.09. The Bertz CT molecular complexity index is 562. The molecule has 0 spiro atoms. The molecule has 2 N–H and O–H groups in total. The van der Waals surface area contributed by atoms with Gasteiger partial charge in [0.1, 0.15) is 0 Å². The van der Waals surface area contributed by atoms with Crippen molar-refractivity contribution in [1.29, 1.82) is 0 Å². The van der Waals surface area contributed by atoms with Crippen LogP contribution in [-0.2, 0) is 4.79 Å². The number of ketones is 1. The van der Waals surface area contributed by atoms with Crippen LogP contribution < -0.4 is 5.32 Å². The van der Waals surface area contributed by atoms with Gasteiger partial charge in [-0.05, 0) is 62.8 Å². The minimum absolute atomic E-state index is 0.0916. The van der Waals surface area contributed by atoms with Gasteiger partial charge < -0.3 is 10.4 Å². The lowest BCUT2D eigenvalue weighted by Gasteiger charge is -2.20. The fraction of sp³-hybridized carbons (Fsp3) is 0.529. The SMILES string of the molecule is Cc1cc(C)c(C)c(C(=O)C(CC(=O)O)NC2CC2)c1C. The van der Waals surface area contributed by atoms with E-state index in [1.54, 1.807) is 0 Å². The molecule has 4 nitrogen and oxygen atoms in total. The highest BCUT2D eigenvalue weighted by Gasteiger charge is 2.32.